The van der Waals surface area contributed by atoms with Crippen molar-refractivity contribution in [1.82, 2.24) is 14.9 Å². The van der Waals surface area contributed by atoms with E-state index in [9.17, 15) is 14.7 Å². The van der Waals surface area contributed by atoms with E-state index in [0.717, 1.165) is 11.3 Å². The number of carbonyl (C=O) groups is 2. The number of piperidine rings is 1. The van der Waals surface area contributed by atoms with Crippen LogP contribution in [-0.4, -0.2) is 44.9 Å². The SMILES string of the molecule is Cc1cnc(C(=O)N2CCC(C(=O)O)(c3ccccc3)CC2)cn1. The maximum atomic E-state index is 12.5. The fraction of sp³-hybridized carbons (Fsp3) is 0.333. The van der Waals surface area contributed by atoms with Crippen LogP contribution in [-0.2, 0) is 10.2 Å². The standard InChI is InChI=1S/C18H19N3O3/c1-13-11-20-15(12-19-13)16(22)21-9-7-18(8-10-21,17(23)24)14-5-3-2-4-6-14/h2-6,11-12H,7-10H2,1H3,(H,23,24). The normalized spacial score (nSPS) is 16.6. The van der Waals surface area contributed by atoms with Gasteiger partial charge in [-0.15, -0.1) is 0 Å². The average molecular weight is 325 g/mol. The summed E-state index contributed by atoms with van der Waals surface area (Å²) in [6, 6.07) is 9.25. The molecule has 1 aromatic carbocycles. The van der Waals surface area contributed by atoms with Crippen LogP contribution in [0.25, 0.3) is 0 Å². The minimum atomic E-state index is -0.934. The highest BCUT2D eigenvalue weighted by Gasteiger charge is 2.44. The maximum absolute atomic E-state index is 12.5. The molecule has 0 unspecified atom stereocenters. The molecular weight excluding hydrogens is 306 g/mol. The summed E-state index contributed by atoms with van der Waals surface area (Å²) in [4.78, 5) is 34.3. The molecule has 1 aliphatic rings. The molecule has 2 heterocycles. The first-order valence-corrected chi connectivity index (χ1v) is 7.90. The van der Waals surface area contributed by atoms with Gasteiger partial charge in [0.25, 0.3) is 5.91 Å². The third-order valence-corrected chi connectivity index (χ3v) is 4.64. The number of hydrogen-bond donors (Lipinski definition) is 1. The van der Waals surface area contributed by atoms with Gasteiger partial charge in [-0.25, -0.2) is 4.98 Å². The van der Waals surface area contributed by atoms with Gasteiger partial charge in [0.2, 0.25) is 0 Å². The first kappa shape index (κ1) is 16.1. The number of carboxylic acids is 1. The van der Waals surface area contributed by atoms with Crippen molar-refractivity contribution in [3.05, 3.63) is 59.7 Å². The van der Waals surface area contributed by atoms with Crippen LogP contribution in [0.3, 0.4) is 0 Å². The van der Waals surface area contributed by atoms with Crippen molar-refractivity contribution in [2.24, 2.45) is 0 Å². The zero-order valence-corrected chi connectivity index (χ0v) is 13.5. The fourth-order valence-electron chi connectivity index (χ4n) is 3.14. The highest BCUT2D eigenvalue weighted by Crippen LogP contribution is 2.36. The molecule has 1 aliphatic heterocycles. The van der Waals surface area contributed by atoms with Gasteiger partial charge >= 0.3 is 5.97 Å². The predicted molar refractivity (Wildman–Crippen MR) is 87.7 cm³/mol. The van der Waals surface area contributed by atoms with Crippen molar-refractivity contribution in [2.45, 2.75) is 25.2 Å². The molecule has 1 amide bonds. The Morgan fingerprint density at radius 2 is 1.75 bits per heavy atom. The lowest BCUT2D eigenvalue weighted by Gasteiger charge is -2.39. The smallest absolute Gasteiger partial charge is 0.314 e. The Hall–Kier alpha value is -2.76. The van der Waals surface area contributed by atoms with Gasteiger partial charge in [-0.3, -0.25) is 14.6 Å². The molecule has 6 heteroatoms. The number of hydrogen-bond acceptors (Lipinski definition) is 4. The number of aromatic nitrogens is 2. The Labute approximate surface area is 140 Å². The lowest BCUT2D eigenvalue weighted by molar-refractivity contribution is -0.145. The monoisotopic (exact) mass is 325 g/mol. The van der Waals surface area contributed by atoms with Crippen LogP contribution in [0.2, 0.25) is 0 Å². The second kappa shape index (κ2) is 6.39. The van der Waals surface area contributed by atoms with E-state index < -0.39 is 11.4 Å². The zero-order chi connectivity index (χ0) is 17.2. The van der Waals surface area contributed by atoms with Gasteiger partial charge in [0, 0.05) is 19.3 Å². The molecule has 0 atom stereocenters. The van der Waals surface area contributed by atoms with E-state index in [4.69, 9.17) is 0 Å². The molecule has 0 saturated carbocycles. The molecule has 124 valence electrons. The molecule has 1 saturated heterocycles. The topological polar surface area (TPSA) is 83.4 Å². The summed E-state index contributed by atoms with van der Waals surface area (Å²) in [6.45, 7) is 2.58. The van der Waals surface area contributed by atoms with Gasteiger partial charge in [-0.1, -0.05) is 30.3 Å². The summed E-state index contributed by atoms with van der Waals surface area (Å²) in [5, 5.41) is 9.79. The molecule has 0 bridgehead atoms. The molecule has 1 N–H and O–H groups in total. The molecule has 0 radical (unpaired) electrons. The van der Waals surface area contributed by atoms with E-state index in [2.05, 4.69) is 9.97 Å². The summed E-state index contributed by atoms with van der Waals surface area (Å²) in [5.74, 6) is -1.04. The number of likely N-dealkylation sites (tertiary alicyclic amines) is 1. The van der Waals surface area contributed by atoms with E-state index in [0.29, 0.717) is 31.6 Å². The van der Waals surface area contributed by atoms with Crippen molar-refractivity contribution >= 4 is 11.9 Å². The minimum absolute atomic E-state index is 0.199. The lowest BCUT2D eigenvalue weighted by Crippen LogP contribution is -2.49. The Morgan fingerprint density at radius 1 is 1.08 bits per heavy atom. The second-order valence-corrected chi connectivity index (χ2v) is 6.09. The van der Waals surface area contributed by atoms with E-state index in [1.54, 1.807) is 11.1 Å². The highest BCUT2D eigenvalue weighted by atomic mass is 16.4. The van der Waals surface area contributed by atoms with Crippen molar-refractivity contribution in [2.75, 3.05) is 13.1 Å². The molecule has 0 spiro atoms. The van der Waals surface area contributed by atoms with Crippen LogP contribution in [0.15, 0.2) is 42.7 Å². The summed E-state index contributed by atoms with van der Waals surface area (Å²) in [5.41, 5.74) is 0.902. The van der Waals surface area contributed by atoms with E-state index in [1.165, 1.54) is 6.20 Å². The highest BCUT2D eigenvalue weighted by molar-refractivity contribution is 5.92. The van der Waals surface area contributed by atoms with Gasteiger partial charge in [0.15, 0.2) is 0 Å². The quantitative estimate of drug-likeness (QED) is 0.933. The molecule has 1 aromatic heterocycles. The van der Waals surface area contributed by atoms with Crippen molar-refractivity contribution in [3.63, 3.8) is 0 Å². The first-order chi connectivity index (χ1) is 11.5. The lowest BCUT2D eigenvalue weighted by atomic mass is 9.73. The third-order valence-electron chi connectivity index (χ3n) is 4.64. The van der Waals surface area contributed by atoms with Crippen LogP contribution < -0.4 is 0 Å². The van der Waals surface area contributed by atoms with Gasteiger partial charge in [-0.2, -0.15) is 0 Å². The van der Waals surface area contributed by atoms with Crippen LogP contribution in [0.4, 0.5) is 0 Å². The van der Waals surface area contributed by atoms with Crippen LogP contribution >= 0.6 is 0 Å². The molecule has 2 aromatic rings. The third kappa shape index (κ3) is 2.87. The van der Waals surface area contributed by atoms with Crippen molar-refractivity contribution in [1.29, 1.82) is 0 Å². The largest absolute Gasteiger partial charge is 0.481 e. The summed E-state index contributed by atoms with van der Waals surface area (Å²) >= 11 is 0. The number of aliphatic carboxylic acids is 1. The molecule has 0 aliphatic carbocycles. The number of carbonyl (C=O) groups excluding carboxylic acids is 1. The molecule has 6 nitrogen and oxygen atoms in total. The predicted octanol–water partition coefficient (Wildman–Crippen LogP) is 2.04. The van der Waals surface area contributed by atoms with E-state index >= 15 is 0 Å². The molecular formula is C18H19N3O3. The van der Waals surface area contributed by atoms with Gasteiger partial charge in [0.1, 0.15) is 5.69 Å². The Bertz CT molecular complexity index is 736. The van der Waals surface area contributed by atoms with Gasteiger partial charge < -0.3 is 10.0 Å². The Kier molecular flexibility index (Phi) is 4.29. The number of carboxylic acid groups (broad SMARTS) is 1. The van der Waals surface area contributed by atoms with Crippen molar-refractivity contribution < 1.29 is 14.7 Å². The summed E-state index contributed by atoms with van der Waals surface area (Å²) in [6.07, 6.45) is 3.80. The number of aryl methyl sites for hydroxylation is 1. The van der Waals surface area contributed by atoms with Gasteiger partial charge in [0.05, 0.1) is 17.3 Å². The summed E-state index contributed by atoms with van der Waals surface area (Å²) < 4.78 is 0. The van der Waals surface area contributed by atoms with Gasteiger partial charge in [-0.05, 0) is 25.3 Å². The minimum Gasteiger partial charge on any atom is -0.481 e. The van der Waals surface area contributed by atoms with Crippen LogP contribution in [0.5, 0.6) is 0 Å². The Balaban J connectivity index is 1.77. The maximum Gasteiger partial charge on any atom is 0.314 e. The fourth-order valence-corrected chi connectivity index (χ4v) is 3.14. The number of benzene rings is 1. The zero-order valence-electron chi connectivity index (χ0n) is 13.5. The second-order valence-electron chi connectivity index (χ2n) is 6.09. The number of amides is 1. The van der Waals surface area contributed by atoms with Crippen molar-refractivity contribution in [3.8, 4) is 0 Å². The van der Waals surface area contributed by atoms with Crippen LogP contribution in [0.1, 0.15) is 34.6 Å². The Morgan fingerprint density at radius 3 is 2.29 bits per heavy atom. The average Bonchev–Trinajstić information content (AvgIpc) is 2.62. The van der Waals surface area contributed by atoms with E-state index in [1.807, 2.05) is 37.3 Å². The molecule has 24 heavy (non-hydrogen) atoms. The number of rotatable bonds is 3. The first-order valence-electron chi connectivity index (χ1n) is 7.90. The van der Waals surface area contributed by atoms with Crippen LogP contribution in [0, 0.1) is 6.92 Å². The molecule has 1 fully saturated rings. The van der Waals surface area contributed by atoms with E-state index in [-0.39, 0.29) is 5.91 Å². The summed E-state index contributed by atoms with van der Waals surface area (Å²) in [7, 11) is 0. The number of nitrogens with zero attached hydrogens (tertiary/aromatic N) is 3. The molecule has 3 rings (SSSR count).